The Morgan fingerprint density at radius 1 is 0.524 bits per heavy atom. The van der Waals surface area contributed by atoms with Crippen molar-refractivity contribution in [3.05, 3.63) is 174 Å². The summed E-state index contributed by atoms with van der Waals surface area (Å²) in [5, 5.41) is 2.31. The molecule has 14 rings (SSSR count). The fourth-order valence-corrected chi connectivity index (χ4v) is 17.2. The first-order chi connectivity index (χ1) is 30.6. The van der Waals surface area contributed by atoms with Gasteiger partial charge in [-0.2, -0.15) is 0 Å². The van der Waals surface area contributed by atoms with Crippen LogP contribution in [-0.4, -0.2) is 6.85 Å². The lowest BCUT2D eigenvalue weighted by Crippen LogP contribution is -2.62. The summed E-state index contributed by atoms with van der Waals surface area (Å²) in [4.78, 5) is 11.1. The van der Waals surface area contributed by atoms with Gasteiger partial charge in [0.15, 0.2) is 5.58 Å². The summed E-state index contributed by atoms with van der Waals surface area (Å²) in [6.45, 7) is 14.3. The number of nitrogens with zero attached hydrogens (tertiary/aromatic N) is 2. The van der Waals surface area contributed by atoms with Gasteiger partial charge in [-0.05, 0) is 136 Å². The second-order valence-corrected chi connectivity index (χ2v) is 23.0. The third kappa shape index (κ3) is 4.35. The second kappa shape index (κ2) is 12.0. The van der Waals surface area contributed by atoms with Crippen molar-refractivity contribution in [3.8, 4) is 22.3 Å². The van der Waals surface area contributed by atoms with Crippen LogP contribution in [0.25, 0.3) is 44.2 Å². The molecule has 0 radical (unpaired) electrons. The van der Waals surface area contributed by atoms with E-state index in [0.29, 0.717) is 0 Å². The summed E-state index contributed by atoms with van der Waals surface area (Å²) in [7, 11) is -1.86. The molecule has 5 heteroatoms. The van der Waals surface area contributed by atoms with Gasteiger partial charge >= 0.3 is 6.85 Å². The molecule has 0 unspecified atom stereocenters. The molecule has 0 atom stereocenters. The van der Waals surface area contributed by atoms with Crippen molar-refractivity contribution in [2.75, 3.05) is 9.71 Å². The highest BCUT2D eigenvalue weighted by Gasteiger charge is 2.54. The van der Waals surface area contributed by atoms with Crippen LogP contribution in [0.5, 0.6) is 0 Å². The molecule has 4 aliphatic heterocycles. The fourth-order valence-electron chi connectivity index (χ4n) is 12.6. The Hall–Kier alpha value is -6.43. The first kappa shape index (κ1) is 36.1. The summed E-state index contributed by atoms with van der Waals surface area (Å²) in [5.41, 5.74) is 21.8. The van der Waals surface area contributed by atoms with Gasteiger partial charge in [0.05, 0.1) is 11.4 Å². The van der Waals surface area contributed by atoms with Gasteiger partial charge < -0.3 is 14.1 Å². The van der Waals surface area contributed by atoms with E-state index < -0.39 is 10.0 Å². The highest BCUT2D eigenvalue weighted by atomic mass is 32.3. The SMILES string of the molecule is Cc1cc2c3c(c1)N(c1cc4c(cc1C)C(C)(C)CCC4(C)C)c1c(ccc4c1oc1ccccc14)B3N1c3ccccc3S3(c4ccccc4-c4ccccc43)c3cccc-2c31. The Labute approximate surface area is 371 Å². The van der Waals surface area contributed by atoms with Crippen LogP contribution in [-0.2, 0) is 10.8 Å². The largest absolute Gasteiger partial charge is 0.454 e. The van der Waals surface area contributed by atoms with Crippen molar-refractivity contribution in [1.29, 1.82) is 0 Å². The van der Waals surface area contributed by atoms with Crippen LogP contribution >= 0.6 is 10.0 Å². The number of hydrogen-bond acceptors (Lipinski definition) is 3. The van der Waals surface area contributed by atoms with E-state index in [2.05, 4.69) is 203 Å². The molecule has 304 valence electrons. The molecule has 3 nitrogen and oxygen atoms in total. The number of fused-ring (bicyclic) bond motifs is 18. The van der Waals surface area contributed by atoms with Gasteiger partial charge in [0.2, 0.25) is 0 Å². The minimum atomic E-state index is -1.86. The third-order valence-electron chi connectivity index (χ3n) is 15.6. The lowest BCUT2D eigenvalue weighted by atomic mass is 9.43. The Balaban J connectivity index is 1.14. The average Bonchev–Trinajstić information content (AvgIpc) is 3.82. The molecule has 5 heterocycles. The first-order valence-electron chi connectivity index (χ1n) is 22.7. The lowest BCUT2D eigenvalue weighted by molar-refractivity contribution is 0.332. The quantitative estimate of drug-likeness (QED) is 0.154. The van der Waals surface area contributed by atoms with Crippen molar-refractivity contribution >= 4 is 78.2 Å². The van der Waals surface area contributed by atoms with E-state index in [9.17, 15) is 0 Å². The Morgan fingerprint density at radius 2 is 1.16 bits per heavy atom. The molecule has 1 aliphatic carbocycles. The second-order valence-electron chi connectivity index (χ2n) is 20.0. The molecule has 0 fully saturated rings. The van der Waals surface area contributed by atoms with E-state index in [1.165, 1.54) is 104 Å². The van der Waals surface area contributed by atoms with Gasteiger partial charge in [0.1, 0.15) is 5.58 Å². The molecular formula is C58H47BN2OS. The van der Waals surface area contributed by atoms with E-state index in [0.717, 1.165) is 34.0 Å². The van der Waals surface area contributed by atoms with Gasteiger partial charge in [-0.1, -0.05) is 131 Å². The smallest absolute Gasteiger partial charge is 0.333 e. The molecule has 63 heavy (non-hydrogen) atoms. The molecular weight excluding hydrogens is 784 g/mol. The zero-order valence-corrected chi connectivity index (χ0v) is 37.5. The monoisotopic (exact) mass is 830 g/mol. The standard InChI is InChI=1S/C58H47BN2OS/c1-34-30-41-39-19-15-25-52-54(39)61(45-20-10-14-24-51(45)63(52)49-22-12-8-17-37(49)38-18-9-13-23-50(38)63)59-44-27-26-40-36-16-7-11-21-48(36)62-56(40)55(44)60(47(31-34)53(41)59)46-33-43-42(32-35(46)2)57(3,4)28-29-58(43,5)6/h7-27,30-33H,28-29H2,1-6H3. The predicted octanol–water partition coefficient (Wildman–Crippen LogP) is 14.9. The summed E-state index contributed by atoms with van der Waals surface area (Å²) in [5.74, 6) is 0. The van der Waals surface area contributed by atoms with Gasteiger partial charge in [0.25, 0.3) is 0 Å². The van der Waals surface area contributed by atoms with E-state index in [4.69, 9.17) is 4.42 Å². The number of para-hydroxylation sites is 3. The van der Waals surface area contributed by atoms with Crippen LogP contribution in [0.4, 0.5) is 28.4 Å². The highest BCUT2D eigenvalue weighted by molar-refractivity contribution is 8.34. The molecule has 0 N–H and O–H groups in total. The number of anilines is 5. The van der Waals surface area contributed by atoms with Gasteiger partial charge in [-0.25, -0.2) is 0 Å². The maximum atomic E-state index is 7.16. The molecule has 0 saturated carbocycles. The van der Waals surface area contributed by atoms with Crippen LogP contribution < -0.4 is 20.6 Å². The van der Waals surface area contributed by atoms with Crippen molar-refractivity contribution in [1.82, 2.24) is 0 Å². The maximum Gasteiger partial charge on any atom is 0.333 e. The Kier molecular flexibility index (Phi) is 6.86. The maximum absolute atomic E-state index is 7.16. The summed E-state index contributed by atoms with van der Waals surface area (Å²) in [6, 6.07) is 58.5. The Morgan fingerprint density at radius 3 is 1.92 bits per heavy atom. The van der Waals surface area contributed by atoms with Crippen molar-refractivity contribution in [2.24, 2.45) is 0 Å². The fraction of sp³-hybridized carbons (Fsp3) is 0.172. The van der Waals surface area contributed by atoms with Crippen LogP contribution in [0, 0.1) is 13.8 Å². The summed E-state index contributed by atoms with van der Waals surface area (Å²) < 4.78 is 7.16. The normalized spacial score (nSPS) is 17.7. The van der Waals surface area contributed by atoms with Gasteiger partial charge in [-0.3, -0.25) is 0 Å². The molecule has 5 aliphatic rings. The average molecular weight is 831 g/mol. The number of hydrogen-bond donors (Lipinski definition) is 0. The molecule has 8 aromatic carbocycles. The van der Waals surface area contributed by atoms with E-state index in [-0.39, 0.29) is 17.7 Å². The van der Waals surface area contributed by atoms with Crippen LogP contribution in [0.15, 0.2) is 176 Å². The number of rotatable bonds is 1. The zero-order chi connectivity index (χ0) is 42.3. The highest BCUT2D eigenvalue weighted by Crippen LogP contribution is 2.84. The molecule has 0 bridgehead atoms. The van der Waals surface area contributed by atoms with Crippen LogP contribution in [0.3, 0.4) is 0 Å². The Bertz CT molecular complexity index is 3490. The van der Waals surface area contributed by atoms with Gasteiger partial charge in [-0.15, -0.1) is 10.0 Å². The van der Waals surface area contributed by atoms with Crippen molar-refractivity contribution in [2.45, 2.75) is 84.8 Å². The van der Waals surface area contributed by atoms with E-state index >= 15 is 0 Å². The third-order valence-corrected chi connectivity index (χ3v) is 19.6. The van der Waals surface area contributed by atoms with E-state index in [1.807, 2.05) is 0 Å². The van der Waals surface area contributed by atoms with E-state index in [1.54, 1.807) is 0 Å². The summed E-state index contributed by atoms with van der Waals surface area (Å²) in [6.07, 6.45) is 2.34. The zero-order valence-electron chi connectivity index (χ0n) is 36.6. The number of aryl methyl sites for hydroxylation is 2. The minimum Gasteiger partial charge on any atom is -0.454 e. The molecule has 1 spiro atoms. The topological polar surface area (TPSA) is 19.6 Å². The number of furan rings is 1. The van der Waals surface area contributed by atoms with Gasteiger partial charge in [0, 0.05) is 53.0 Å². The number of benzene rings is 8. The molecule has 0 saturated heterocycles. The van der Waals surface area contributed by atoms with Crippen molar-refractivity contribution in [3.63, 3.8) is 0 Å². The van der Waals surface area contributed by atoms with Crippen molar-refractivity contribution < 1.29 is 4.42 Å². The molecule has 0 amide bonds. The summed E-state index contributed by atoms with van der Waals surface area (Å²) >= 11 is 0. The predicted molar refractivity (Wildman–Crippen MR) is 265 cm³/mol. The van der Waals surface area contributed by atoms with Crippen LogP contribution in [0.2, 0.25) is 0 Å². The van der Waals surface area contributed by atoms with Crippen LogP contribution in [0.1, 0.15) is 62.8 Å². The first-order valence-corrected chi connectivity index (χ1v) is 24.3. The lowest BCUT2D eigenvalue weighted by Gasteiger charge is -2.54. The minimum absolute atomic E-state index is 0.0501. The molecule has 9 aromatic rings. The molecule has 1 aromatic heterocycles.